The Hall–Kier alpha value is -0.0800. The van der Waals surface area contributed by atoms with E-state index in [-0.39, 0.29) is 11.5 Å². The lowest BCUT2D eigenvalue weighted by Gasteiger charge is -2.32. The third-order valence-electron chi connectivity index (χ3n) is 2.91. The van der Waals surface area contributed by atoms with Crippen molar-refractivity contribution in [2.45, 2.75) is 52.6 Å². The average Bonchev–Trinajstić information content (AvgIpc) is 2.12. The van der Waals surface area contributed by atoms with Crippen molar-refractivity contribution in [1.29, 1.82) is 0 Å². The summed E-state index contributed by atoms with van der Waals surface area (Å²) in [5.41, 5.74) is 5.56. The standard InChI is InChI=1S/C10H23NO/c1-4-6-7-9(12)10(3,5-2)8-11/h9,12H,4-8,11H2,1-3H3. The second kappa shape index (κ2) is 5.55. The molecule has 0 spiro atoms. The van der Waals surface area contributed by atoms with Gasteiger partial charge in [0.2, 0.25) is 0 Å². The summed E-state index contributed by atoms with van der Waals surface area (Å²) in [4.78, 5) is 0. The van der Waals surface area contributed by atoms with Gasteiger partial charge in [0.05, 0.1) is 6.10 Å². The predicted molar refractivity (Wildman–Crippen MR) is 53.0 cm³/mol. The molecule has 0 aliphatic carbocycles. The molecule has 0 saturated heterocycles. The highest BCUT2D eigenvalue weighted by Gasteiger charge is 2.28. The molecule has 0 aliphatic heterocycles. The van der Waals surface area contributed by atoms with Crippen molar-refractivity contribution >= 4 is 0 Å². The fourth-order valence-corrected chi connectivity index (χ4v) is 1.26. The van der Waals surface area contributed by atoms with Gasteiger partial charge in [0.15, 0.2) is 0 Å². The van der Waals surface area contributed by atoms with Crippen LogP contribution in [0.15, 0.2) is 0 Å². The molecule has 2 atom stereocenters. The maximum atomic E-state index is 9.82. The minimum Gasteiger partial charge on any atom is -0.393 e. The van der Waals surface area contributed by atoms with E-state index in [1.54, 1.807) is 0 Å². The van der Waals surface area contributed by atoms with Crippen molar-refractivity contribution in [1.82, 2.24) is 0 Å². The van der Waals surface area contributed by atoms with Gasteiger partial charge in [0, 0.05) is 12.0 Å². The zero-order valence-corrected chi connectivity index (χ0v) is 8.64. The molecule has 12 heavy (non-hydrogen) atoms. The fraction of sp³-hybridized carbons (Fsp3) is 1.00. The molecule has 0 fully saturated rings. The van der Waals surface area contributed by atoms with Gasteiger partial charge >= 0.3 is 0 Å². The van der Waals surface area contributed by atoms with E-state index < -0.39 is 0 Å². The molecule has 0 bridgehead atoms. The Morgan fingerprint density at radius 1 is 1.42 bits per heavy atom. The van der Waals surface area contributed by atoms with Crippen LogP contribution in [0.5, 0.6) is 0 Å². The van der Waals surface area contributed by atoms with E-state index in [4.69, 9.17) is 5.73 Å². The number of rotatable bonds is 6. The Morgan fingerprint density at radius 2 is 2.00 bits per heavy atom. The summed E-state index contributed by atoms with van der Waals surface area (Å²) in [6.45, 7) is 6.86. The van der Waals surface area contributed by atoms with Gasteiger partial charge in [-0.15, -0.1) is 0 Å². The lowest BCUT2D eigenvalue weighted by molar-refractivity contribution is 0.0319. The third-order valence-corrected chi connectivity index (χ3v) is 2.91. The summed E-state index contributed by atoms with van der Waals surface area (Å²) in [6.07, 6.45) is 3.84. The lowest BCUT2D eigenvalue weighted by Crippen LogP contribution is -2.38. The van der Waals surface area contributed by atoms with Crippen molar-refractivity contribution < 1.29 is 5.11 Å². The van der Waals surface area contributed by atoms with Gasteiger partial charge in [-0.1, -0.05) is 33.6 Å². The summed E-state index contributed by atoms with van der Waals surface area (Å²) in [6, 6.07) is 0. The van der Waals surface area contributed by atoms with Gasteiger partial charge < -0.3 is 10.8 Å². The van der Waals surface area contributed by atoms with Crippen LogP contribution in [0.4, 0.5) is 0 Å². The molecule has 0 aromatic carbocycles. The Kier molecular flexibility index (Phi) is 5.51. The van der Waals surface area contributed by atoms with Gasteiger partial charge in [0.25, 0.3) is 0 Å². The number of aliphatic hydroxyl groups excluding tert-OH is 1. The maximum Gasteiger partial charge on any atom is 0.0605 e. The largest absolute Gasteiger partial charge is 0.393 e. The monoisotopic (exact) mass is 173 g/mol. The molecule has 0 heterocycles. The highest BCUT2D eigenvalue weighted by atomic mass is 16.3. The molecule has 0 aromatic heterocycles. The molecule has 0 amide bonds. The SMILES string of the molecule is CCCCC(O)C(C)(CC)CN. The van der Waals surface area contributed by atoms with Crippen LogP contribution in [-0.4, -0.2) is 17.8 Å². The molecule has 0 saturated carbocycles. The Labute approximate surface area is 76.2 Å². The summed E-state index contributed by atoms with van der Waals surface area (Å²) < 4.78 is 0. The zero-order chi connectivity index (χ0) is 9.61. The van der Waals surface area contributed by atoms with Crippen LogP contribution >= 0.6 is 0 Å². The molecule has 3 N–H and O–H groups in total. The lowest BCUT2D eigenvalue weighted by atomic mass is 9.79. The Bertz CT molecular complexity index is 110. The van der Waals surface area contributed by atoms with E-state index in [1.165, 1.54) is 0 Å². The van der Waals surface area contributed by atoms with Crippen LogP contribution in [0.3, 0.4) is 0 Å². The molecule has 74 valence electrons. The van der Waals surface area contributed by atoms with E-state index in [0.717, 1.165) is 25.7 Å². The smallest absolute Gasteiger partial charge is 0.0605 e. The summed E-state index contributed by atoms with van der Waals surface area (Å²) in [7, 11) is 0. The van der Waals surface area contributed by atoms with Crippen LogP contribution in [0, 0.1) is 5.41 Å². The second-order valence-corrected chi connectivity index (χ2v) is 3.87. The van der Waals surface area contributed by atoms with Crippen LogP contribution in [0.2, 0.25) is 0 Å². The third kappa shape index (κ3) is 3.11. The molecule has 2 nitrogen and oxygen atoms in total. The topological polar surface area (TPSA) is 46.2 Å². The van der Waals surface area contributed by atoms with Gasteiger partial charge in [-0.3, -0.25) is 0 Å². The first-order valence-corrected chi connectivity index (χ1v) is 4.98. The zero-order valence-electron chi connectivity index (χ0n) is 8.64. The van der Waals surface area contributed by atoms with Crippen LogP contribution in [0.25, 0.3) is 0 Å². The van der Waals surface area contributed by atoms with Crippen molar-refractivity contribution in [3.05, 3.63) is 0 Å². The molecule has 0 rings (SSSR count). The van der Waals surface area contributed by atoms with E-state index in [2.05, 4.69) is 20.8 Å². The molecule has 2 unspecified atom stereocenters. The van der Waals surface area contributed by atoms with E-state index in [0.29, 0.717) is 6.54 Å². The quantitative estimate of drug-likeness (QED) is 0.644. The number of aliphatic hydroxyl groups is 1. The minimum absolute atomic E-state index is 0.0742. The van der Waals surface area contributed by atoms with Gasteiger partial charge in [-0.25, -0.2) is 0 Å². The molecular weight excluding hydrogens is 150 g/mol. The first-order valence-electron chi connectivity index (χ1n) is 4.98. The fourth-order valence-electron chi connectivity index (χ4n) is 1.26. The normalized spacial score (nSPS) is 18.8. The van der Waals surface area contributed by atoms with Gasteiger partial charge in [0.1, 0.15) is 0 Å². The number of hydrogen-bond acceptors (Lipinski definition) is 2. The van der Waals surface area contributed by atoms with Crippen molar-refractivity contribution in [2.24, 2.45) is 11.1 Å². The highest BCUT2D eigenvalue weighted by Crippen LogP contribution is 2.27. The van der Waals surface area contributed by atoms with E-state index in [1.807, 2.05) is 0 Å². The van der Waals surface area contributed by atoms with Crippen molar-refractivity contribution in [3.8, 4) is 0 Å². The van der Waals surface area contributed by atoms with Crippen LogP contribution < -0.4 is 5.73 Å². The first-order chi connectivity index (χ1) is 5.60. The van der Waals surface area contributed by atoms with Gasteiger partial charge in [-0.2, -0.15) is 0 Å². The molecule has 0 radical (unpaired) electrons. The second-order valence-electron chi connectivity index (χ2n) is 3.87. The maximum absolute atomic E-state index is 9.82. The molecule has 2 heteroatoms. The molecule has 0 aliphatic rings. The Balaban J connectivity index is 3.93. The number of hydrogen-bond donors (Lipinski definition) is 2. The van der Waals surface area contributed by atoms with Gasteiger partial charge in [-0.05, 0) is 12.8 Å². The predicted octanol–water partition coefficient (Wildman–Crippen LogP) is 1.91. The van der Waals surface area contributed by atoms with Crippen LogP contribution in [-0.2, 0) is 0 Å². The average molecular weight is 173 g/mol. The summed E-state index contributed by atoms with van der Waals surface area (Å²) in [5.74, 6) is 0. The number of unbranched alkanes of at least 4 members (excludes halogenated alkanes) is 1. The minimum atomic E-state index is -0.229. The first kappa shape index (κ1) is 11.9. The van der Waals surface area contributed by atoms with E-state index >= 15 is 0 Å². The highest BCUT2D eigenvalue weighted by molar-refractivity contribution is 4.81. The summed E-state index contributed by atoms with van der Waals surface area (Å²) >= 11 is 0. The Morgan fingerprint density at radius 3 is 2.33 bits per heavy atom. The van der Waals surface area contributed by atoms with Crippen molar-refractivity contribution in [2.75, 3.05) is 6.54 Å². The van der Waals surface area contributed by atoms with E-state index in [9.17, 15) is 5.11 Å². The number of nitrogens with two attached hydrogens (primary N) is 1. The van der Waals surface area contributed by atoms with Crippen molar-refractivity contribution in [3.63, 3.8) is 0 Å². The molecular formula is C10H23NO. The molecule has 0 aromatic rings. The summed E-state index contributed by atoms with van der Waals surface area (Å²) in [5, 5.41) is 9.82. The van der Waals surface area contributed by atoms with Crippen LogP contribution in [0.1, 0.15) is 46.5 Å².